The molecule has 192 valence electrons. The third-order valence-electron chi connectivity index (χ3n) is 6.00. The lowest BCUT2D eigenvalue weighted by molar-refractivity contribution is -0.143. The van der Waals surface area contributed by atoms with E-state index in [9.17, 15) is 4.79 Å². The lowest BCUT2D eigenvalue weighted by atomic mass is 10.0. The van der Waals surface area contributed by atoms with Gasteiger partial charge in [0.1, 0.15) is 0 Å². The van der Waals surface area contributed by atoms with E-state index < -0.39 is 0 Å². The SMILES string of the molecule is CCCCCCCCCCCC(CC(=O)OCC)NCCCNCCCCNCCCC. The fourth-order valence-corrected chi connectivity index (χ4v) is 3.97. The van der Waals surface area contributed by atoms with Crippen molar-refractivity contribution in [3.05, 3.63) is 0 Å². The first kappa shape index (κ1) is 31.4. The molecule has 0 saturated carbocycles. The maximum atomic E-state index is 12.0. The fraction of sp³-hybridized carbons (Fsp3) is 0.963. The molecule has 5 nitrogen and oxygen atoms in total. The summed E-state index contributed by atoms with van der Waals surface area (Å²) in [5.74, 6) is -0.0633. The Balaban J connectivity index is 3.74. The minimum Gasteiger partial charge on any atom is -0.466 e. The van der Waals surface area contributed by atoms with Crippen molar-refractivity contribution < 1.29 is 9.53 Å². The van der Waals surface area contributed by atoms with Crippen LogP contribution >= 0.6 is 0 Å². The number of ether oxygens (including phenoxy) is 1. The van der Waals surface area contributed by atoms with Crippen molar-refractivity contribution in [1.29, 1.82) is 0 Å². The van der Waals surface area contributed by atoms with E-state index >= 15 is 0 Å². The van der Waals surface area contributed by atoms with Gasteiger partial charge in [0.15, 0.2) is 0 Å². The Morgan fingerprint density at radius 2 is 1.16 bits per heavy atom. The van der Waals surface area contributed by atoms with Gasteiger partial charge in [0, 0.05) is 6.04 Å². The molecule has 0 fully saturated rings. The van der Waals surface area contributed by atoms with Crippen molar-refractivity contribution in [2.75, 3.05) is 39.3 Å². The van der Waals surface area contributed by atoms with Gasteiger partial charge in [-0.3, -0.25) is 4.79 Å². The van der Waals surface area contributed by atoms with Gasteiger partial charge in [-0.05, 0) is 71.8 Å². The van der Waals surface area contributed by atoms with Crippen LogP contribution in [0.4, 0.5) is 0 Å². The van der Waals surface area contributed by atoms with E-state index in [0.717, 1.165) is 45.6 Å². The maximum Gasteiger partial charge on any atom is 0.307 e. The average Bonchev–Trinajstić information content (AvgIpc) is 2.78. The largest absolute Gasteiger partial charge is 0.466 e. The number of rotatable bonds is 26. The third-order valence-corrected chi connectivity index (χ3v) is 6.00. The number of carbonyl (C=O) groups is 1. The molecule has 0 radical (unpaired) electrons. The van der Waals surface area contributed by atoms with E-state index in [-0.39, 0.29) is 12.0 Å². The van der Waals surface area contributed by atoms with Crippen LogP contribution in [-0.2, 0) is 9.53 Å². The van der Waals surface area contributed by atoms with E-state index in [2.05, 4.69) is 29.8 Å². The normalized spacial score (nSPS) is 12.2. The van der Waals surface area contributed by atoms with Crippen molar-refractivity contribution in [3.63, 3.8) is 0 Å². The van der Waals surface area contributed by atoms with E-state index in [1.54, 1.807) is 0 Å². The van der Waals surface area contributed by atoms with Crippen LogP contribution < -0.4 is 16.0 Å². The summed E-state index contributed by atoms with van der Waals surface area (Å²) >= 11 is 0. The first-order chi connectivity index (χ1) is 15.7. The first-order valence-electron chi connectivity index (χ1n) is 14.0. The highest BCUT2D eigenvalue weighted by Crippen LogP contribution is 2.13. The van der Waals surface area contributed by atoms with Crippen molar-refractivity contribution in [1.82, 2.24) is 16.0 Å². The average molecular weight is 456 g/mol. The number of unbranched alkanes of at least 4 members (excludes halogenated alkanes) is 10. The van der Waals surface area contributed by atoms with Gasteiger partial charge >= 0.3 is 5.97 Å². The summed E-state index contributed by atoms with van der Waals surface area (Å²) in [6.45, 7) is 12.3. The second-order valence-electron chi connectivity index (χ2n) is 9.19. The molecule has 0 aliphatic rings. The van der Waals surface area contributed by atoms with Crippen LogP contribution in [0.3, 0.4) is 0 Å². The van der Waals surface area contributed by atoms with Crippen molar-refractivity contribution in [2.24, 2.45) is 0 Å². The summed E-state index contributed by atoms with van der Waals surface area (Å²) in [5.41, 5.74) is 0. The molecule has 0 rings (SSSR count). The highest BCUT2D eigenvalue weighted by atomic mass is 16.5. The van der Waals surface area contributed by atoms with Gasteiger partial charge in [0.25, 0.3) is 0 Å². The van der Waals surface area contributed by atoms with Crippen LogP contribution in [0.5, 0.6) is 0 Å². The Labute approximate surface area is 200 Å². The lowest BCUT2D eigenvalue weighted by Gasteiger charge is -2.18. The summed E-state index contributed by atoms with van der Waals surface area (Å²) in [6, 6.07) is 0.257. The molecule has 0 aromatic heterocycles. The molecule has 0 aromatic carbocycles. The van der Waals surface area contributed by atoms with Crippen molar-refractivity contribution in [2.45, 2.75) is 130 Å². The molecule has 1 unspecified atom stereocenters. The Hall–Kier alpha value is -0.650. The zero-order valence-electron chi connectivity index (χ0n) is 22.0. The maximum absolute atomic E-state index is 12.0. The number of carbonyl (C=O) groups excluding carboxylic acids is 1. The van der Waals surface area contributed by atoms with Crippen LogP contribution in [0, 0.1) is 0 Å². The summed E-state index contributed by atoms with van der Waals surface area (Å²) < 4.78 is 5.18. The Kier molecular flexibility index (Phi) is 26.1. The molecule has 0 bridgehead atoms. The second-order valence-corrected chi connectivity index (χ2v) is 9.19. The zero-order valence-corrected chi connectivity index (χ0v) is 22.0. The van der Waals surface area contributed by atoms with Gasteiger partial charge < -0.3 is 20.7 Å². The van der Waals surface area contributed by atoms with E-state index in [4.69, 9.17) is 4.74 Å². The topological polar surface area (TPSA) is 62.4 Å². The van der Waals surface area contributed by atoms with Crippen LogP contribution in [0.2, 0.25) is 0 Å². The summed E-state index contributed by atoms with van der Waals surface area (Å²) in [5, 5.41) is 10.7. The quantitative estimate of drug-likeness (QED) is 0.111. The van der Waals surface area contributed by atoms with Crippen LogP contribution in [-0.4, -0.2) is 51.3 Å². The molecule has 0 amide bonds. The number of hydrogen-bond donors (Lipinski definition) is 3. The molecule has 0 aliphatic carbocycles. The van der Waals surface area contributed by atoms with Gasteiger partial charge in [0.2, 0.25) is 0 Å². The summed E-state index contributed by atoms with van der Waals surface area (Å²) in [6.07, 6.45) is 19.8. The molecular weight excluding hydrogens is 398 g/mol. The molecule has 0 spiro atoms. The highest BCUT2D eigenvalue weighted by Gasteiger charge is 2.13. The minimum atomic E-state index is -0.0633. The molecule has 0 aliphatic heterocycles. The predicted octanol–water partition coefficient (Wildman–Crippen LogP) is 5.97. The van der Waals surface area contributed by atoms with Crippen LogP contribution in [0.15, 0.2) is 0 Å². The van der Waals surface area contributed by atoms with Gasteiger partial charge in [-0.2, -0.15) is 0 Å². The van der Waals surface area contributed by atoms with E-state index in [0.29, 0.717) is 13.0 Å². The molecule has 0 aromatic rings. The number of hydrogen-bond acceptors (Lipinski definition) is 5. The first-order valence-corrected chi connectivity index (χ1v) is 14.0. The summed E-state index contributed by atoms with van der Waals surface area (Å²) in [7, 11) is 0. The standard InChI is InChI=1S/C27H57N3O2/c1-4-7-9-10-11-12-13-14-15-19-26(25-27(31)32-6-3)30-24-18-23-29-22-17-16-21-28-20-8-5-2/h26,28-30H,4-25H2,1-3H3. The molecule has 1 atom stereocenters. The Morgan fingerprint density at radius 3 is 1.75 bits per heavy atom. The highest BCUT2D eigenvalue weighted by molar-refractivity contribution is 5.70. The lowest BCUT2D eigenvalue weighted by Crippen LogP contribution is -2.34. The summed E-state index contributed by atoms with van der Waals surface area (Å²) in [4.78, 5) is 12.0. The number of nitrogens with one attached hydrogen (secondary N) is 3. The van der Waals surface area contributed by atoms with E-state index in [1.165, 1.54) is 83.5 Å². The monoisotopic (exact) mass is 455 g/mol. The number of esters is 1. The second kappa shape index (κ2) is 26.6. The van der Waals surface area contributed by atoms with Crippen LogP contribution in [0.1, 0.15) is 124 Å². The van der Waals surface area contributed by atoms with Gasteiger partial charge in [-0.1, -0.05) is 78.1 Å². The molecular formula is C27H57N3O2. The van der Waals surface area contributed by atoms with Gasteiger partial charge in [-0.15, -0.1) is 0 Å². The van der Waals surface area contributed by atoms with Crippen LogP contribution in [0.25, 0.3) is 0 Å². The van der Waals surface area contributed by atoms with Crippen molar-refractivity contribution >= 4 is 5.97 Å². The zero-order chi connectivity index (χ0) is 23.5. The minimum absolute atomic E-state index is 0.0633. The molecule has 5 heteroatoms. The molecule has 32 heavy (non-hydrogen) atoms. The Bertz CT molecular complexity index is 380. The Morgan fingerprint density at radius 1 is 0.625 bits per heavy atom. The third kappa shape index (κ3) is 24.0. The predicted molar refractivity (Wildman–Crippen MR) is 139 cm³/mol. The smallest absolute Gasteiger partial charge is 0.307 e. The fourth-order valence-electron chi connectivity index (χ4n) is 3.97. The van der Waals surface area contributed by atoms with E-state index in [1.807, 2.05) is 6.92 Å². The molecule has 0 heterocycles. The van der Waals surface area contributed by atoms with Gasteiger partial charge in [0.05, 0.1) is 13.0 Å². The van der Waals surface area contributed by atoms with Gasteiger partial charge in [-0.25, -0.2) is 0 Å². The molecule has 3 N–H and O–H groups in total. The van der Waals surface area contributed by atoms with Crippen molar-refractivity contribution in [3.8, 4) is 0 Å². The molecule has 0 saturated heterocycles.